The average molecular weight is 858 g/mol. The largest absolute Gasteiger partial charge is 0.311 e. The lowest BCUT2D eigenvalue weighted by Crippen LogP contribution is -2.48. The predicted molar refractivity (Wildman–Crippen MR) is 300 cm³/mol. The van der Waals surface area contributed by atoms with Crippen molar-refractivity contribution in [3.8, 4) is 67.0 Å². The number of hydrogen-bond donors (Lipinski definition) is 0. The van der Waals surface area contributed by atoms with Crippen LogP contribution < -0.4 is 38.2 Å². The van der Waals surface area contributed by atoms with Crippen molar-refractivity contribution in [2.45, 2.75) is 0 Å². The minimum atomic E-state index is 0.171. The number of benzene rings is 10. The van der Waals surface area contributed by atoms with E-state index in [0.29, 0.717) is 43.8 Å². The van der Waals surface area contributed by atoms with Gasteiger partial charge >= 0.3 is 0 Å². The number of para-hydroxylation sites is 1. The van der Waals surface area contributed by atoms with Crippen LogP contribution in [0.15, 0.2) is 200 Å². The Hall–Kier alpha value is -7.75. The van der Waals surface area contributed by atoms with E-state index >= 15 is 0 Å². The smallest absolute Gasteiger partial charge is 0.115 e. The Morgan fingerprint density at radius 2 is 0.768 bits per heavy atom. The van der Waals surface area contributed by atoms with E-state index in [4.69, 9.17) is 54.9 Å². The zero-order valence-electron chi connectivity index (χ0n) is 37.5. The van der Waals surface area contributed by atoms with Crippen LogP contribution in [0.25, 0.3) is 111 Å². The van der Waals surface area contributed by atoms with Crippen LogP contribution in [0.1, 0.15) is 0 Å². The highest BCUT2D eigenvalue weighted by Gasteiger charge is 2.26. The van der Waals surface area contributed by atoms with Gasteiger partial charge in [0.05, 0.1) is 16.7 Å². The molecule has 0 amide bonds. The van der Waals surface area contributed by atoms with Crippen molar-refractivity contribution in [2.24, 2.45) is 0 Å². The molecule has 0 N–H and O–H groups in total. The Bertz CT molecular complexity index is 4000. The molecule has 0 aliphatic heterocycles. The van der Waals surface area contributed by atoms with Crippen molar-refractivity contribution in [2.75, 3.05) is 0 Å². The molecular weight excluding hydrogens is 824 g/mol. The molecule has 12 aromatic rings. The van der Waals surface area contributed by atoms with E-state index in [1.54, 1.807) is 0 Å². The first-order valence-corrected chi connectivity index (χ1v) is 22.8. The van der Waals surface area contributed by atoms with Gasteiger partial charge in [-0.2, -0.15) is 0 Å². The number of fused-ring (bicyclic) bond motifs is 6. The fraction of sp³-hybridized carbons (Fsp3) is 0. The van der Waals surface area contributed by atoms with Crippen molar-refractivity contribution in [1.29, 1.82) is 0 Å². The molecule has 2 nitrogen and oxygen atoms in total. The van der Waals surface area contributed by atoms with Crippen molar-refractivity contribution in [3.63, 3.8) is 0 Å². The molecular formula is C60H33B7N2. The Labute approximate surface area is 410 Å². The second-order valence-electron chi connectivity index (χ2n) is 17.6. The fourth-order valence-corrected chi connectivity index (χ4v) is 10.4. The third-order valence-electron chi connectivity index (χ3n) is 13.7. The summed E-state index contributed by atoms with van der Waals surface area (Å²) in [7, 11) is 49.0. The molecule has 0 unspecified atom stereocenters. The first-order valence-electron chi connectivity index (χ1n) is 22.8. The zero-order chi connectivity index (χ0) is 47.1. The third kappa shape index (κ3) is 6.73. The average Bonchev–Trinajstić information content (AvgIpc) is 3.94. The van der Waals surface area contributed by atoms with Gasteiger partial charge in [-0.15, -0.1) is 10.9 Å². The third-order valence-corrected chi connectivity index (χ3v) is 13.7. The summed E-state index contributed by atoms with van der Waals surface area (Å²) in [6.07, 6.45) is 0. The van der Waals surface area contributed by atoms with Crippen molar-refractivity contribution in [1.82, 2.24) is 9.13 Å². The summed E-state index contributed by atoms with van der Waals surface area (Å²) in [5.41, 5.74) is 17.0. The summed E-state index contributed by atoms with van der Waals surface area (Å²) in [6, 6.07) is 69.5. The molecule has 2 heterocycles. The summed E-state index contributed by atoms with van der Waals surface area (Å²) in [6.45, 7) is 0. The van der Waals surface area contributed by atoms with E-state index in [1.807, 2.05) is 47.0 Å². The molecule has 0 aliphatic rings. The van der Waals surface area contributed by atoms with E-state index in [1.165, 1.54) is 0 Å². The molecule has 0 aliphatic carbocycles. The van der Waals surface area contributed by atoms with E-state index in [0.717, 1.165) is 83.3 Å². The SMILES string of the molecule is [B]c1c([B])c([B])c2c(c1[B])c1c([B])c(-c3ccc4c(c3)c3cccc(-c5ccccc5)c3n4-c3ccc(-c4ccccc4)cc3-c3ccccc3)c([B])c([B])c1n2-c1ccc(-c2ccccc2)cc1. The minimum Gasteiger partial charge on any atom is -0.311 e. The molecule has 0 spiro atoms. The number of hydrogen-bond acceptors (Lipinski definition) is 0. The molecule has 9 heteroatoms. The Morgan fingerprint density at radius 1 is 0.275 bits per heavy atom. The summed E-state index contributed by atoms with van der Waals surface area (Å²) in [5.74, 6) is 0. The molecule has 0 saturated carbocycles. The Morgan fingerprint density at radius 3 is 1.39 bits per heavy atom. The van der Waals surface area contributed by atoms with Crippen LogP contribution in [-0.2, 0) is 0 Å². The maximum Gasteiger partial charge on any atom is 0.115 e. The van der Waals surface area contributed by atoms with E-state index in [9.17, 15) is 0 Å². The van der Waals surface area contributed by atoms with Gasteiger partial charge in [0.15, 0.2) is 0 Å². The monoisotopic (exact) mass is 858 g/mol. The highest BCUT2D eigenvalue weighted by atomic mass is 15.0. The Kier molecular flexibility index (Phi) is 10.4. The topological polar surface area (TPSA) is 9.86 Å². The van der Waals surface area contributed by atoms with Gasteiger partial charge in [-0.05, 0) is 86.3 Å². The van der Waals surface area contributed by atoms with Crippen LogP contribution in [0, 0.1) is 0 Å². The maximum absolute atomic E-state index is 7.46. The van der Waals surface area contributed by atoms with Gasteiger partial charge in [0.2, 0.25) is 0 Å². The quantitative estimate of drug-likeness (QED) is 0.145. The summed E-state index contributed by atoms with van der Waals surface area (Å²) in [4.78, 5) is 0. The molecule has 0 atom stereocenters. The van der Waals surface area contributed by atoms with Gasteiger partial charge in [-0.25, -0.2) is 0 Å². The summed E-state index contributed by atoms with van der Waals surface area (Å²) >= 11 is 0. The van der Waals surface area contributed by atoms with Crippen molar-refractivity contribution in [3.05, 3.63) is 200 Å². The highest BCUT2D eigenvalue weighted by molar-refractivity contribution is 6.69. The summed E-state index contributed by atoms with van der Waals surface area (Å²) < 4.78 is 4.34. The van der Waals surface area contributed by atoms with Crippen LogP contribution in [0.5, 0.6) is 0 Å². The van der Waals surface area contributed by atoms with Crippen LogP contribution in [0.2, 0.25) is 0 Å². The van der Waals surface area contributed by atoms with E-state index in [-0.39, 0.29) is 21.9 Å². The molecule has 0 fully saturated rings. The molecule has 2 aromatic heterocycles. The normalized spacial score (nSPS) is 11.6. The molecule has 0 bridgehead atoms. The first kappa shape index (κ1) is 42.6. The molecule has 69 heavy (non-hydrogen) atoms. The van der Waals surface area contributed by atoms with E-state index < -0.39 is 0 Å². The minimum absolute atomic E-state index is 0.171. The molecule has 304 valence electrons. The van der Waals surface area contributed by atoms with Crippen LogP contribution in [0.3, 0.4) is 0 Å². The van der Waals surface area contributed by atoms with Crippen LogP contribution in [-0.4, -0.2) is 64.1 Å². The predicted octanol–water partition coefficient (Wildman–Crippen LogP) is 7.77. The highest BCUT2D eigenvalue weighted by Crippen LogP contribution is 2.43. The molecule has 0 saturated heterocycles. The van der Waals surface area contributed by atoms with Crippen LogP contribution in [0.4, 0.5) is 0 Å². The first-order chi connectivity index (χ1) is 33.7. The van der Waals surface area contributed by atoms with Crippen molar-refractivity contribution < 1.29 is 0 Å². The second-order valence-corrected chi connectivity index (χ2v) is 17.6. The van der Waals surface area contributed by atoms with Gasteiger partial charge < -0.3 is 9.13 Å². The van der Waals surface area contributed by atoms with Gasteiger partial charge in [0.25, 0.3) is 0 Å². The number of aromatic nitrogens is 2. The molecule has 10 aromatic carbocycles. The van der Waals surface area contributed by atoms with Crippen molar-refractivity contribution >= 4 is 137 Å². The number of rotatable bonds is 7. The lowest BCUT2D eigenvalue weighted by Gasteiger charge is -2.20. The summed E-state index contributed by atoms with van der Waals surface area (Å²) in [5, 5.41) is 3.19. The van der Waals surface area contributed by atoms with Gasteiger partial charge in [0.1, 0.15) is 54.9 Å². The lowest BCUT2D eigenvalue weighted by molar-refractivity contribution is 1.18. The van der Waals surface area contributed by atoms with Gasteiger partial charge in [-0.1, -0.05) is 191 Å². The van der Waals surface area contributed by atoms with Crippen LogP contribution >= 0.6 is 0 Å². The molecule has 14 radical (unpaired) electrons. The second kappa shape index (κ2) is 16.8. The fourth-order valence-electron chi connectivity index (χ4n) is 10.4. The van der Waals surface area contributed by atoms with E-state index in [2.05, 4.69) is 162 Å². The Balaban J connectivity index is 1.13. The standard InChI is InChI=1S/C60H33B7N2/c61-51-48(52(62)56(66)59-49(51)50-53(63)54(64)55(65)57(67)60(50)68(59)41-28-24-36(25-29-41)34-14-5-1-6-15-34)40-27-31-47-45(33-40)43-23-13-22-42(37-18-9-3-10-19-37)58(43)69(47)46-30-26-39(35-16-7-2-8-17-35)32-44(46)38-20-11-4-12-21-38/h1-33H. The molecule has 12 rings (SSSR count). The lowest BCUT2D eigenvalue weighted by atomic mass is 9.64. The van der Waals surface area contributed by atoms with Gasteiger partial charge in [-0.3, -0.25) is 0 Å². The maximum atomic E-state index is 7.46. The number of nitrogens with zero attached hydrogens (tertiary/aromatic N) is 2. The van der Waals surface area contributed by atoms with Gasteiger partial charge in [0, 0.05) is 44.0 Å². The zero-order valence-corrected chi connectivity index (χ0v) is 37.5.